The summed E-state index contributed by atoms with van der Waals surface area (Å²) in [5, 5.41) is 10.0. The Labute approximate surface area is 123 Å². The van der Waals surface area contributed by atoms with E-state index in [1.54, 1.807) is 0 Å². The van der Waals surface area contributed by atoms with Crippen LogP contribution in [0.4, 0.5) is 5.69 Å². The molecule has 0 spiro atoms. The summed E-state index contributed by atoms with van der Waals surface area (Å²) >= 11 is 1.52. The van der Waals surface area contributed by atoms with Crippen LogP contribution in [0.15, 0.2) is 29.2 Å². The maximum atomic E-state index is 12.0. The number of carbonyl (C=O) groups is 1. The fraction of sp³-hybridized carbons (Fsp3) is 0.333. The van der Waals surface area contributed by atoms with Crippen LogP contribution >= 0.6 is 11.8 Å². The Hall–Kier alpha value is -1.75. The number of nitrogens with zero attached hydrogens (tertiary/aromatic N) is 1. The number of aromatic nitrogens is 2. The highest BCUT2D eigenvalue weighted by molar-refractivity contribution is 8.00. The minimum absolute atomic E-state index is 0.0101. The van der Waals surface area contributed by atoms with E-state index >= 15 is 0 Å². The largest absolute Gasteiger partial charge is 0.325 e. The minimum Gasteiger partial charge on any atom is -0.325 e. The van der Waals surface area contributed by atoms with Crippen molar-refractivity contribution in [2.24, 2.45) is 0 Å². The number of aryl methyl sites for hydroxylation is 3. The Morgan fingerprint density at radius 2 is 2.10 bits per heavy atom. The van der Waals surface area contributed by atoms with Crippen LogP contribution < -0.4 is 5.32 Å². The number of nitrogens with one attached hydrogen (secondary N) is 2. The molecule has 0 unspecified atom stereocenters. The predicted molar refractivity (Wildman–Crippen MR) is 83.2 cm³/mol. The van der Waals surface area contributed by atoms with Crippen LogP contribution in [0.5, 0.6) is 0 Å². The van der Waals surface area contributed by atoms with Gasteiger partial charge in [0, 0.05) is 11.4 Å². The number of rotatable bonds is 5. The highest BCUT2D eigenvalue weighted by Gasteiger charge is 2.10. The summed E-state index contributed by atoms with van der Waals surface area (Å²) in [6.07, 6.45) is 0.906. The smallest absolute Gasteiger partial charge is 0.234 e. The number of amides is 1. The molecule has 0 bridgehead atoms. The van der Waals surface area contributed by atoms with Gasteiger partial charge in [0.05, 0.1) is 16.3 Å². The maximum absolute atomic E-state index is 12.0. The lowest BCUT2D eigenvalue weighted by Gasteiger charge is -2.09. The first-order valence-electron chi connectivity index (χ1n) is 6.64. The molecule has 1 aromatic carbocycles. The standard InChI is InChI=1S/C15H19N3OS/c1-4-12-7-5-6-8-13(12)16-14(19)9-20-15-10(2)17-18-11(15)3/h5-8H,4,9H2,1-3H3,(H,16,19)(H,17,18). The molecule has 0 saturated carbocycles. The van der Waals surface area contributed by atoms with Gasteiger partial charge in [0.1, 0.15) is 0 Å². The lowest BCUT2D eigenvalue weighted by atomic mass is 10.1. The summed E-state index contributed by atoms with van der Waals surface area (Å²) in [5.74, 6) is 0.398. The summed E-state index contributed by atoms with van der Waals surface area (Å²) in [6.45, 7) is 5.99. The predicted octanol–water partition coefficient (Wildman–Crippen LogP) is 3.32. The molecule has 1 amide bonds. The third-order valence-corrected chi connectivity index (χ3v) is 4.38. The Balaban J connectivity index is 1.96. The number of thioether (sulfide) groups is 1. The van der Waals surface area contributed by atoms with Crippen LogP contribution in [-0.2, 0) is 11.2 Å². The van der Waals surface area contributed by atoms with Crippen molar-refractivity contribution in [3.05, 3.63) is 41.2 Å². The SMILES string of the molecule is CCc1ccccc1NC(=O)CSc1c(C)n[nH]c1C. The van der Waals surface area contributed by atoms with Gasteiger partial charge in [0.2, 0.25) is 5.91 Å². The maximum Gasteiger partial charge on any atom is 0.234 e. The zero-order chi connectivity index (χ0) is 14.5. The fourth-order valence-electron chi connectivity index (χ4n) is 2.03. The van der Waals surface area contributed by atoms with Crippen LogP contribution in [0.3, 0.4) is 0 Å². The van der Waals surface area contributed by atoms with Crippen LogP contribution in [-0.4, -0.2) is 21.9 Å². The van der Waals surface area contributed by atoms with Crippen molar-refractivity contribution in [3.63, 3.8) is 0 Å². The van der Waals surface area contributed by atoms with Crippen molar-refractivity contribution in [2.75, 3.05) is 11.1 Å². The molecule has 0 aliphatic carbocycles. The third kappa shape index (κ3) is 3.42. The van der Waals surface area contributed by atoms with Gasteiger partial charge in [0.15, 0.2) is 0 Å². The first-order valence-corrected chi connectivity index (χ1v) is 7.62. The van der Waals surface area contributed by atoms with Gasteiger partial charge >= 0.3 is 0 Å². The van der Waals surface area contributed by atoms with Crippen molar-refractivity contribution in [1.29, 1.82) is 0 Å². The number of hydrogen-bond donors (Lipinski definition) is 2. The molecule has 2 rings (SSSR count). The van der Waals surface area contributed by atoms with Crippen molar-refractivity contribution < 1.29 is 4.79 Å². The molecule has 2 aromatic rings. The average molecular weight is 289 g/mol. The molecule has 1 heterocycles. The first-order chi connectivity index (χ1) is 9.61. The summed E-state index contributed by atoms with van der Waals surface area (Å²) in [6, 6.07) is 7.90. The highest BCUT2D eigenvalue weighted by Crippen LogP contribution is 2.24. The van der Waals surface area contributed by atoms with Crippen LogP contribution in [0.25, 0.3) is 0 Å². The molecule has 0 radical (unpaired) electrons. The zero-order valence-electron chi connectivity index (χ0n) is 12.0. The highest BCUT2D eigenvalue weighted by atomic mass is 32.2. The van der Waals surface area contributed by atoms with Gasteiger partial charge in [-0.05, 0) is 31.9 Å². The molecular weight excluding hydrogens is 270 g/mol. The zero-order valence-corrected chi connectivity index (χ0v) is 12.8. The molecule has 0 aliphatic rings. The molecule has 106 valence electrons. The Morgan fingerprint density at radius 1 is 1.35 bits per heavy atom. The second-order valence-corrected chi connectivity index (χ2v) is 5.60. The van der Waals surface area contributed by atoms with E-state index in [0.29, 0.717) is 5.75 Å². The topological polar surface area (TPSA) is 57.8 Å². The fourth-order valence-corrected chi connectivity index (χ4v) is 2.89. The van der Waals surface area contributed by atoms with E-state index in [0.717, 1.165) is 34.0 Å². The molecule has 1 aromatic heterocycles. The molecule has 0 aliphatic heterocycles. The van der Waals surface area contributed by atoms with Crippen molar-refractivity contribution in [3.8, 4) is 0 Å². The number of benzene rings is 1. The number of aromatic amines is 1. The van der Waals surface area contributed by atoms with E-state index in [1.165, 1.54) is 11.8 Å². The Morgan fingerprint density at radius 3 is 2.75 bits per heavy atom. The molecule has 20 heavy (non-hydrogen) atoms. The monoisotopic (exact) mass is 289 g/mol. The van der Waals surface area contributed by atoms with E-state index in [-0.39, 0.29) is 5.91 Å². The summed E-state index contributed by atoms with van der Waals surface area (Å²) < 4.78 is 0. The molecule has 0 atom stereocenters. The van der Waals surface area contributed by atoms with Crippen molar-refractivity contribution in [1.82, 2.24) is 10.2 Å². The number of anilines is 1. The quantitative estimate of drug-likeness (QED) is 0.830. The second kappa shape index (κ2) is 6.61. The van der Waals surface area contributed by atoms with Gasteiger partial charge in [-0.3, -0.25) is 9.89 Å². The van der Waals surface area contributed by atoms with E-state index in [2.05, 4.69) is 22.4 Å². The van der Waals surface area contributed by atoms with E-state index in [1.807, 2.05) is 38.1 Å². The van der Waals surface area contributed by atoms with Crippen molar-refractivity contribution in [2.45, 2.75) is 32.1 Å². The molecule has 4 nitrogen and oxygen atoms in total. The first kappa shape index (κ1) is 14.7. The van der Waals surface area contributed by atoms with Crippen LogP contribution in [0.2, 0.25) is 0 Å². The Bertz CT molecular complexity index is 587. The van der Waals surface area contributed by atoms with Gasteiger partial charge in [-0.1, -0.05) is 25.1 Å². The number of carbonyl (C=O) groups excluding carboxylic acids is 1. The van der Waals surface area contributed by atoms with E-state index < -0.39 is 0 Å². The minimum atomic E-state index is 0.0101. The summed E-state index contributed by atoms with van der Waals surface area (Å²) in [7, 11) is 0. The number of para-hydroxylation sites is 1. The average Bonchev–Trinajstić information content (AvgIpc) is 2.76. The van der Waals surface area contributed by atoms with Gasteiger partial charge in [-0.15, -0.1) is 11.8 Å². The van der Waals surface area contributed by atoms with Gasteiger partial charge in [0.25, 0.3) is 0 Å². The normalized spacial score (nSPS) is 10.6. The van der Waals surface area contributed by atoms with Gasteiger partial charge in [-0.2, -0.15) is 5.10 Å². The lowest BCUT2D eigenvalue weighted by Crippen LogP contribution is -2.15. The van der Waals surface area contributed by atoms with E-state index in [4.69, 9.17) is 0 Å². The van der Waals surface area contributed by atoms with E-state index in [9.17, 15) is 4.79 Å². The summed E-state index contributed by atoms with van der Waals surface area (Å²) in [5.41, 5.74) is 4.01. The molecule has 0 fully saturated rings. The molecule has 5 heteroatoms. The number of H-pyrrole nitrogens is 1. The van der Waals surface area contributed by atoms with Gasteiger partial charge < -0.3 is 5.32 Å². The van der Waals surface area contributed by atoms with Crippen LogP contribution in [0.1, 0.15) is 23.9 Å². The number of hydrogen-bond acceptors (Lipinski definition) is 3. The molecular formula is C15H19N3OS. The molecule has 2 N–H and O–H groups in total. The Kier molecular flexibility index (Phi) is 4.84. The summed E-state index contributed by atoms with van der Waals surface area (Å²) in [4.78, 5) is 13.1. The van der Waals surface area contributed by atoms with Crippen LogP contribution in [0, 0.1) is 13.8 Å². The molecule has 0 saturated heterocycles. The lowest BCUT2D eigenvalue weighted by molar-refractivity contribution is -0.113. The van der Waals surface area contributed by atoms with Crippen molar-refractivity contribution >= 4 is 23.4 Å². The second-order valence-electron chi connectivity index (χ2n) is 4.61. The van der Waals surface area contributed by atoms with Gasteiger partial charge in [-0.25, -0.2) is 0 Å². The third-order valence-electron chi connectivity index (χ3n) is 3.08.